The molecule has 0 fully saturated rings. The summed E-state index contributed by atoms with van der Waals surface area (Å²) in [7, 11) is 1.95. The molecule has 0 aliphatic heterocycles. The summed E-state index contributed by atoms with van der Waals surface area (Å²) < 4.78 is 1.97. The first-order chi connectivity index (χ1) is 16.3. The topological polar surface area (TPSA) is 103 Å². The lowest BCUT2D eigenvalue weighted by atomic mass is 9.88. The van der Waals surface area contributed by atoms with Gasteiger partial charge < -0.3 is 15.6 Å². The summed E-state index contributed by atoms with van der Waals surface area (Å²) in [6.45, 7) is 4.52. The lowest BCUT2D eigenvalue weighted by Gasteiger charge is -2.18. The van der Waals surface area contributed by atoms with Crippen LogP contribution in [0, 0.1) is 11.8 Å². The van der Waals surface area contributed by atoms with Crippen LogP contribution in [0.4, 0.5) is 5.00 Å². The fourth-order valence-corrected chi connectivity index (χ4v) is 8.32. The van der Waals surface area contributed by atoms with Crippen molar-refractivity contribution in [2.24, 2.45) is 24.6 Å². The molecule has 5 rings (SSSR count). The first-order valence-corrected chi connectivity index (χ1v) is 14.4. The van der Waals surface area contributed by atoms with E-state index in [1.807, 2.05) is 23.0 Å². The van der Waals surface area contributed by atoms with E-state index in [1.165, 1.54) is 50.4 Å². The zero-order chi connectivity index (χ0) is 24.0. The molecule has 3 aromatic rings. The van der Waals surface area contributed by atoms with Crippen LogP contribution in [0.5, 0.6) is 0 Å². The number of primary amides is 1. The van der Waals surface area contributed by atoms with Crippen molar-refractivity contribution >= 4 is 51.3 Å². The van der Waals surface area contributed by atoms with Gasteiger partial charge in [-0.1, -0.05) is 25.6 Å². The molecule has 2 amide bonds. The number of thiophene rings is 2. The second kappa shape index (κ2) is 9.47. The zero-order valence-electron chi connectivity index (χ0n) is 19.6. The molecule has 2 aliphatic rings. The average molecular weight is 516 g/mol. The summed E-state index contributed by atoms with van der Waals surface area (Å²) in [5, 5.41) is 15.2. The maximum absolute atomic E-state index is 12.8. The van der Waals surface area contributed by atoms with Crippen molar-refractivity contribution in [2.45, 2.75) is 57.5 Å². The van der Waals surface area contributed by atoms with Gasteiger partial charge in [0, 0.05) is 27.7 Å². The molecular weight excluding hydrogens is 486 g/mol. The van der Waals surface area contributed by atoms with Gasteiger partial charge in [-0.3, -0.25) is 9.59 Å². The number of nitrogens with one attached hydrogen (secondary N) is 1. The fraction of sp³-hybridized carbons (Fsp3) is 0.500. The van der Waals surface area contributed by atoms with Crippen LogP contribution in [0.25, 0.3) is 11.4 Å². The number of anilines is 1. The Labute approximate surface area is 211 Å². The van der Waals surface area contributed by atoms with Crippen LogP contribution in [0.3, 0.4) is 0 Å². The number of hydrogen-bond acceptors (Lipinski definition) is 7. The summed E-state index contributed by atoms with van der Waals surface area (Å²) >= 11 is 4.65. The zero-order valence-corrected chi connectivity index (χ0v) is 22.1. The van der Waals surface area contributed by atoms with E-state index in [1.54, 1.807) is 0 Å². The third kappa shape index (κ3) is 4.43. The summed E-state index contributed by atoms with van der Waals surface area (Å²) in [6, 6.07) is 0. The van der Waals surface area contributed by atoms with Gasteiger partial charge in [0.25, 0.3) is 5.91 Å². The Bertz CT molecular complexity index is 1260. The standard InChI is InChI=1S/C24H29N5O2S3/c1-12-4-6-14-16(10-32-17(14)8-12)22-27-28-24(29(22)3)33-11-19(30)26-23-20(21(25)31)15-7-5-13(2)9-18(15)34-23/h10,12-13H,4-9,11H2,1-3H3,(H2,25,31)(H,26,30). The Balaban J connectivity index is 1.28. The van der Waals surface area contributed by atoms with Crippen molar-refractivity contribution in [2.75, 3.05) is 11.1 Å². The highest BCUT2D eigenvalue weighted by Crippen LogP contribution is 2.40. The number of carbonyl (C=O) groups is 2. The van der Waals surface area contributed by atoms with Crippen LogP contribution in [0.2, 0.25) is 0 Å². The van der Waals surface area contributed by atoms with Gasteiger partial charge in [-0.15, -0.1) is 32.9 Å². The second-order valence-electron chi connectivity index (χ2n) is 9.52. The van der Waals surface area contributed by atoms with Crippen LogP contribution < -0.4 is 11.1 Å². The Morgan fingerprint density at radius 2 is 1.85 bits per heavy atom. The molecule has 3 heterocycles. The van der Waals surface area contributed by atoms with Gasteiger partial charge in [-0.05, 0) is 61.5 Å². The van der Waals surface area contributed by atoms with E-state index in [2.05, 4.69) is 34.7 Å². The van der Waals surface area contributed by atoms with Crippen LogP contribution in [0.1, 0.15) is 57.9 Å². The van der Waals surface area contributed by atoms with Crippen LogP contribution >= 0.6 is 34.4 Å². The van der Waals surface area contributed by atoms with E-state index < -0.39 is 5.91 Å². The number of aromatic nitrogens is 3. The molecule has 0 spiro atoms. The van der Waals surface area contributed by atoms with Gasteiger partial charge in [0.05, 0.1) is 11.3 Å². The highest BCUT2D eigenvalue weighted by atomic mass is 32.2. The van der Waals surface area contributed by atoms with Crippen LogP contribution in [-0.2, 0) is 37.5 Å². The van der Waals surface area contributed by atoms with E-state index in [9.17, 15) is 9.59 Å². The number of hydrogen-bond donors (Lipinski definition) is 2. The summed E-state index contributed by atoms with van der Waals surface area (Å²) in [4.78, 5) is 27.5. The molecular formula is C24H29N5O2S3. The maximum atomic E-state index is 12.8. The Morgan fingerprint density at radius 1 is 1.15 bits per heavy atom. The minimum absolute atomic E-state index is 0.175. The number of carbonyl (C=O) groups excluding carboxylic acids is 2. The fourth-order valence-electron chi connectivity index (χ4n) is 4.93. The molecule has 0 saturated carbocycles. The maximum Gasteiger partial charge on any atom is 0.251 e. The smallest absolute Gasteiger partial charge is 0.251 e. The molecule has 10 heteroatoms. The van der Waals surface area contributed by atoms with E-state index in [0.29, 0.717) is 21.6 Å². The molecule has 0 radical (unpaired) electrons. The molecule has 0 saturated heterocycles. The highest BCUT2D eigenvalue weighted by molar-refractivity contribution is 7.99. The van der Waals surface area contributed by atoms with E-state index >= 15 is 0 Å². The Morgan fingerprint density at radius 3 is 2.59 bits per heavy atom. The number of fused-ring (bicyclic) bond motifs is 2. The molecule has 2 atom stereocenters. The monoisotopic (exact) mass is 515 g/mol. The first kappa shape index (κ1) is 23.6. The van der Waals surface area contributed by atoms with Crippen LogP contribution in [0.15, 0.2) is 10.5 Å². The van der Waals surface area contributed by atoms with Gasteiger partial charge in [-0.25, -0.2) is 0 Å². The highest BCUT2D eigenvalue weighted by Gasteiger charge is 2.28. The number of rotatable bonds is 6. The summed E-state index contributed by atoms with van der Waals surface area (Å²) in [6.07, 6.45) is 6.22. The first-order valence-electron chi connectivity index (χ1n) is 11.7. The average Bonchev–Trinajstić information content (AvgIpc) is 3.46. The predicted octanol–water partition coefficient (Wildman–Crippen LogP) is 4.68. The molecule has 180 valence electrons. The molecule has 0 aromatic carbocycles. The molecule has 2 unspecified atom stereocenters. The minimum atomic E-state index is -0.471. The molecule has 2 aliphatic carbocycles. The van der Waals surface area contributed by atoms with E-state index in [-0.39, 0.29) is 11.7 Å². The van der Waals surface area contributed by atoms with Crippen LogP contribution in [-0.4, -0.2) is 32.3 Å². The lowest BCUT2D eigenvalue weighted by molar-refractivity contribution is -0.113. The quantitative estimate of drug-likeness (QED) is 0.464. The summed E-state index contributed by atoms with van der Waals surface area (Å²) in [5.74, 6) is 1.70. The largest absolute Gasteiger partial charge is 0.365 e. The van der Waals surface area contributed by atoms with Gasteiger partial charge in [0.1, 0.15) is 5.00 Å². The molecule has 7 nitrogen and oxygen atoms in total. The van der Waals surface area contributed by atoms with E-state index in [0.717, 1.165) is 49.4 Å². The SMILES string of the molecule is CC1CCc2c(-c3nnc(SCC(=O)Nc4sc5c(c4C(N)=O)CCC(C)C5)n3C)csc2C1. The molecule has 3 N–H and O–H groups in total. The number of nitrogens with two attached hydrogens (primary N) is 1. The Hall–Kier alpha value is -2.17. The molecule has 0 bridgehead atoms. The van der Waals surface area contributed by atoms with Gasteiger partial charge in [-0.2, -0.15) is 0 Å². The van der Waals surface area contributed by atoms with Gasteiger partial charge in [0.15, 0.2) is 11.0 Å². The third-order valence-electron chi connectivity index (χ3n) is 6.82. The van der Waals surface area contributed by atoms with Crippen molar-refractivity contribution in [3.8, 4) is 11.4 Å². The second-order valence-corrected chi connectivity index (χ2v) is 12.5. The Kier molecular flexibility index (Phi) is 6.56. The lowest BCUT2D eigenvalue weighted by Crippen LogP contribution is -2.20. The van der Waals surface area contributed by atoms with Gasteiger partial charge in [0.2, 0.25) is 5.91 Å². The van der Waals surface area contributed by atoms with Crippen molar-refractivity contribution in [3.63, 3.8) is 0 Å². The van der Waals surface area contributed by atoms with E-state index in [4.69, 9.17) is 5.73 Å². The molecule has 34 heavy (non-hydrogen) atoms. The molecule has 3 aromatic heterocycles. The summed E-state index contributed by atoms with van der Waals surface area (Å²) in [5.41, 5.74) is 9.76. The van der Waals surface area contributed by atoms with Gasteiger partial charge >= 0.3 is 0 Å². The van der Waals surface area contributed by atoms with Crippen molar-refractivity contribution < 1.29 is 9.59 Å². The third-order valence-corrected chi connectivity index (χ3v) is 10.1. The number of nitrogens with zero attached hydrogens (tertiary/aromatic N) is 3. The number of amides is 2. The normalized spacial score (nSPS) is 19.5. The van der Waals surface area contributed by atoms with Crippen molar-refractivity contribution in [1.82, 2.24) is 14.8 Å². The minimum Gasteiger partial charge on any atom is -0.365 e. The van der Waals surface area contributed by atoms with Crippen molar-refractivity contribution in [1.29, 1.82) is 0 Å². The predicted molar refractivity (Wildman–Crippen MR) is 139 cm³/mol. The number of thioether (sulfide) groups is 1. The van der Waals surface area contributed by atoms with Crippen molar-refractivity contribution in [3.05, 3.63) is 31.8 Å².